The van der Waals surface area contributed by atoms with Crippen molar-refractivity contribution < 1.29 is 5.11 Å². The second-order valence-corrected chi connectivity index (χ2v) is 5.12. The molecule has 0 aliphatic rings. The maximum atomic E-state index is 11.6. The van der Waals surface area contributed by atoms with E-state index in [0.717, 1.165) is 5.56 Å². The number of pyridine rings is 1. The van der Waals surface area contributed by atoms with Crippen molar-refractivity contribution in [2.24, 2.45) is 0 Å². The average Bonchev–Trinajstić information content (AvgIpc) is 2.46. The summed E-state index contributed by atoms with van der Waals surface area (Å²) >= 11 is 0. The van der Waals surface area contributed by atoms with Gasteiger partial charge in [0.15, 0.2) is 0 Å². The number of hydrogen-bond acceptors (Lipinski definition) is 3. The number of aliphatic hydroxyl groups is 1. The summed E-state index contributed by atoms with van der Waals surface area (Å²) in [5.41, 5.74) is 0.122. The summed E-state index contributed by atoms with van der Waals surface area (Å²) in [6, 6.07) is 14.6. The van der Waals surface area contributed by atoms with E-state index in [0.29, 0.717) is 5.69 Å². The van der Waals surface area contributed by atoms with E-state index < -0.39 is 11.2 Å². The summed E-state index contributed by atoms with van der Waals surface area (Å²) < 4.78 is 0. The summed E-state index contributed by atoms with van der Waals surface area (Å²) in [5.74, 6) is 0. The van der Waals surface area contributed by atoms with E-state index >= 15 is 0 Å². The summed E-state index contributed by atoms with van der Waals surface area (Å²) in [7, 11) is 0. The van der Waals surface area contributed by atoms with Crippen LogP contribution in [0.3, 0.4) is 0 Å². The van der Waals surface area contributed by atoms with Crippen molar-refractivity contribution in [3.05, 3.63) is 75.7 Å². The molecule has 0 radical (unpaired) electrons. The van der Waals surface area contributed by atoms with Crippen LogP contribution in [0.15, 0.2) is 53.3 Å². The lowest BCUT2D eigenvalue weighted by molar-refractivity contribution is 0.112. The van der Waals surface area contributed by atoms with E-state index in [2.05, 4.69) is 4.98 Å². The molecule has 4 heteroatoms. The summed E-state index contributed by atoms with van der Waals surface area (Å²) in [6.07, 6.45) is 3.79. The van der Waals surface area contributed by atoms with Crippen LogP contribution in [0.1, 0.15) is 23.7 Å². The fourth-order valence-electron chi connectivity index (χ4n) is 1.99. The molecule has 0 amide bonds. The molecule has 0 aliphatic heterocycles. The number of nitrogens with one attached hydrogen (secondary N) is 1. The van der Waals surface area contributed by atoms with E-state index in [1.54, 1.807) is 19.1 Å². The van der Waals surface area contributed by atoms with E-state index in [4.69, 9.17) is 5.26 Å². The van der Waals surface area contributed by atoms with Crippen molar-refractivity contribution in [2.75, 3.05) is 0 Å². The van der Waals surface area contributed by atoms with Gasteiger partial charge in [-0.3, -0.25) is 4.79 Å². The maximum absolute atomic E-state index is 11.6. The Kier molecular flexibility index (Phi) is 4.36. The second-order valence-electron chi connectivity index (χ2n) is 5.12. The number of nitriles is 1. The quantitative estimate of drug-likeness (QED) is 0.901. The van der Waals surface area contributed by atoms with Crippen LogP contribution in [0, 0.1) is 11.3 Å². The lowest BCUT2D eigenvalue weighted by atomic mass is 9.98. The molecule has 0 saturated heterocycles. The van der Waals surface area contributed by atoms with Gasteiger partial charge in [-0.25, -0.2) is 0 Å². The fraction of sp³-hybridized carbons (Fsp3) is 0.176. The normalized spacial score (nSPS) is 13.8. The summed E-state index contributed by atoms with van der Waals surface area (Å²) in [6.45, 7) is 1.67. The average molecular weight is 280 g/mol. The molecule has 106 valence electrons. The molecule has 0 spiro atoms. The molecule has 0 bridgehead atoms. The molecule has 2 aromatic rings. The van der Waals surface area contributed by atoms with Crippen LogP contribution in [-0.4, -0.2) is 15.7 Å². The van der Waals surface area contributed by atoms with Crippen molar-refractivity contribution in [2.45, 2.75) is 18.9 Å². The van der Waals surface area contributed by atoms with Crippen molar-refractivity contribution >= 4 is 6.08 Å². The van der Waals surface area contributed by atoms with Gasteiger partial charge in [-0.05, 0) is 24.6 Å². The Morgan fingerprint density at radius 1 is 1.29 bits per heavy atom. The zero-order valence-corrected chi connectivity index (χ0v) is 11.7. The summed E-state index contributed by atoms with van der Waals surface area (Å²) in [5, 5.41) is 19.1. The number of nitrogens with zero attached hydrogens (tertiary/aromatic N) is 1. The first-order valence-electron chi connectivity index (χ1n) is 6.59. The molecule has 1 aromatic carbocycles. The molecule has 0 fully saturated rings. The van der Waals surface area contributed by atoms with Gasteiger partial charge in [-0.2, -0.15) is 5.26 Å². The minimum atomic E-state index is -1.09. The molecule has 2 rings (SSSR count). The smallest absolute Gasteiger partial charge is 0.266 e. The molecule has 1 unspecified atom stereocenters. The van der Waals surface area contributed by atoms with E-state index in [9.17, 15) is 9.90 Å². The third-order valence-corrected chi connectivity index (χ3v) is 3.07. The molecule has 1 heterocycles. The van der Waals surface area contributed by atoms with Crippen molar-refractivity contribution in [3.8, 4) is 6.07 Å². The van der Waals surface area contributed by atoms with Gasteiger partial charge < -0.3 is 10.1 Å². The van der Waals surface area contributed by atoms with Crippen LogP contribution in [0.4, 0.5) is 0 Å². The fourth-order valence-corrected chi connectivity index (χ4v) is 1.99. The highest BCUT2D eigenvalue weighted by Crippen LogP contribution is 2.15. The minimum absolute atomic E-state index is 0.0678. The molecule has 1 aromatic heterocycles. The Morgan fingerprint density at radius 3 is 2.62 bits per heavy atom. The van der Waals surface area contributed by atoms with Crippen molar-refractivity contribution in [1.29, 1.82) is 5.26 Å². The Hall–Kier alpha value is -2.64. The number of aromatic amines is 1. The topological polar surface area (TPSA) is 76.9 Å². The molecular weight excluding hydrogens is 264 g/mol. The number of benzene rings is 1. The zero-order valence-electron chi connectivity index (χ0n) is 11.7. The molecule has 1 atom stereocenters. The van der Waals surface area contributed by atoms with E-state index in [1.807, 2.05) is 42.5 Å². The van der Waals surface area contributed by atoms with E-state index in [-0.39, 0.29) is 12.0 Å². The third kappa shape index (κ3) is 4.16. The molecule has 4 nitrogen and oxygen atoms in total. The molecule has 0 saturated carbocycles. The first-order chi connectivity index (χ1) is 10.00. The lowest BCUT2D eigenvalue weighted by Crippen LogP contribution is -2.26. The van der Waals surface area contributed by atoms with Crippen LogP contribution in [0.5, 0.6) is 0 Å². The van der Waals surface area contributed by atoms with Crippen LogP contribution >= 0.6 is 0 Å². The summed E-state index contributed by atoms with van der Waals surface area (Å²) in [4.78, 5) is 14.2. The van der Waals surface area contributed by atoms with Gasteiger partial charge >= 0.3 is 0 Å². The Labute approximate surface area is 123 Å². The van der Waals surface area contributed by atoms with Gasteiger partial charge in [-0.1, -0.05) is 42.5 Å². The third-order valence-electron chi connectivity index (χ3n) is 3.07. The van der Waals surface area contributed by atoms with Gasteiger partial charge in [0, 0.05) is 12.1 Å². The maximum Gasteiger partial charge on any atom is 0.266 e. The highest BCUT2D eigenvalue weighted by atomic mass is 16.3. The van der Waals surface area contributed by atoms with Gasteiger partial charge in [0.05, 0.1) is 5.60 Å². The predicted octanol–water partition coefficient (Wildman–Crippen LogP) is 2.25. The van der Waals surface area contributed by atoms with Gasteiger partial charge in [0.2, 0.25) is 0 Å². The molecule has 0 aliphatic carbocycles. The van der Waals surface area contributed by atoms with Crippen LogP contribution in [0.2, 0.25) is 0 Å². The first-order valence-corrected chi connectivity index (χ1v) is 6.59. The van der Waals surface area contributed by atoms with E-state index in [1.165, 1.54) is 6.07 Å². The molecule has 21 heavy (non-hydrogen) atoms. The first kappa shape index (κ1) is 14.8. The Balaban J connectivity index is 2.14. The molecule has 2 N–H and O–H groups in total. The standard InChI is InChI=1S/C17H16N2O2/c1-17(21,10-9-13-5-3-2-4-6-13)11-15-8-7-14(12-18)16(20)19-15/h2-10,21H,11H2,1H3,(H,19,20)/b10-9+. The highest BCUT2D eigenvalue weighted by molar-refractivity contribution is 5.50. The molecular formula is C17H16N2O2. The van der Waals surface area contributed by atoms with Crippen molar-refractivity contribution in [3.63, 3.8) is 0 Å². The predicted molar refractivity (Wildman–Crippen MR) is 81.6 cm³/mol. The van der Waals surface area contributed by atoms with Gasteiger partial charge in [-0.15, -0.1) is 0 Å². The van der Waals surface area contributed by atoms with Crippen molar-refractivity contribution in [1.82, 2.24) is 4.98 Å². The van der Waals surface area contributed by atoms with Crippen LogP contribution in [0.25, 0.3) is 6.08 Å². The minimum Gasteiger partial charge on any atom is -0.386 e. The Morgan fingerprint density at radius 2 is 2.00 bits per heavy atom. The Bertz CT molecular complexity index is 737. The number of hydrogen-bond donors (Lipinski definition) is 2. The monoisotopic (exact) mass is 280 g/mol. The SMILES string of the molecule is CC(O)(/C=C/c1ccccc1)Cc1ccc(C#N)c(=O)[nH]1. The number of rotatable bonds is 4. The largest absolute Gasteiger partial charge is 0.386 e. The second kappa shape index (κ2) is 6.21. The highest BCUT2D eigenvalue weighted by Gasteiger charge is 2.17. The zero-order chi connectivity index (χ0) is 15.3. The van der Waals surface area contributed by atoms with Gasteiger partial charge in [0.1, 0.15) is 11.6 Å². The lowest BCUT2D eigenvalue weighted by Gasteiger charge is -2.18. The number of H-pyrrole nitrogens is 1. The van der Waals surface area contributed by atoms with Gasteiger partial charge in [0.25, 0.3) is 5.56 Å². The van der Waals surface area contributed by atoms with Crippen LogP contribution in [-0.2, 0) is 6.42 Å². The number of aromatic nitrogens is 1. The van der Waals surface area contributed by atoms with Crippen LogP contribution < -0.4 is 5.56 Å².